The van der Waals surface area contributed by atoms with Gasteiger partial charge in [-0.1, -0.05) is 6.07 Å². The predicted molar refractivity (Wildman–Crippen MR) is 131 cm³/mol. The molecule has 0 saturated carbocycles. The molecule has 1 unspecified atom stereocenters. The Morgan fingerprint density at radius 3 is 2.60 bits per heavy atom. The van der Waals surface area contributed by atoms with Crippen molar-refractivity contribution in [2.24, 2.45) is 0 Å². The monoisotopic (exact) mass is 491 g/mol. The number of amides is 2. The molecule has 1 aromatic carbocycles. The van der Waals surface area contributed by atoms with E-state index in [0.717, 1.165) is 24.7 Å². The Morgan fingerprint density at radius 1 is 1.23 bits per heavy atom. The molecule has 1 aromatic heterocycles. The van der Waals surface area contributed by atoms with Crippen LogP contribution in [0.25, 0.3) is 11.1 Å². The molecule has 35 heavy (non-hydrogen) atoms. The topological polar surface area (TPSA) is 120 Å². The van der Waals surface area contributed by atoms with Crippen LogP contribution in [-0.4, -0.2) is 67.2 Å². The van der Waals surface area contributed by atoms with E-state index in [4.69, 9.17) is 13.9 Å². The molecular formula is C25H37N3O7. The highest BCUT2D eigenvalue weighted by atomic mass is 16.6. The number of aldehydes is 1. The minimum Gasteiger partial charge on any atom is -0.444 e. The molecule has 0 aliphatic heterocycles. The molecule has 2 amide bonds. The second-order valence-corrected chi connectivity index (χ2v) is 9.39. The van der Waals surface area contributed by atoms with Crippen LogP contribution in [0.5, 0.6) is 0 Å². The molecule has 0 radical (unpaired) electrons. The van der Waals surface area contributed by atoms with E-state index in [9.17, 15) is 19.2 Å². The van der Waals surface area contributed by atoms with Gasteiger partial charge in [0.2, 0.25) is 5.91 Å². The molecule has 0 aliphatic rings. The van der Waals surface area contributed by atoms with Crippen LogP contribution < -0.4 is 11.1 Å². The molecule has 1 N–H and O–H groups in total. The van der Waals surface area contributed by atoms with Crippen molar-refractivity contribution in [1.82, 2.24) is 14.8 Å². The number of carbonyl (C=O) groups is 3. The fourth-order valence-corrected chi connectivity index (χ4v) is 3.62. The Balaban J connectivity index is 1.84. The van der Waals surface area contributed by atoms with Gasteiger partial charge in [0, 0.05) is 40.3 Å². The Hall–Kier alpha value is -3.14. The summed E-state index contributed by atoms with van der Waals surface area (Å²) in [6.45, 7) is 7.14. The zero-order valence-electron chi connectivity index (χ0n) is 21.3. The second kappa shape index (κ2) is 13.1. The molecule has 194 valence electrons. The number of nitrogens with one attached hydrogen (secondary N) is 1. The van der Waals surface area contributed by atoms with Gasteiger partial charge in [-0.05, 0) is 64.2 Å². The minimum atomic E-state index is -0.812. The standard InChI is InChI=1S/C25H37N3O7/c1-25(2,3)35-23(31)27(5)13-8-16-33-15-7-9-18-11-12-19-21(17-18)34-24(32)28(19)20(10-6-14-29)22(30)26-4/h11-12,14,17,20H,6-10,13,15-16H2,1-5H3,(H,26,30). The van der Waals surface area contributed by atoms with Gasteiger partial charge < -0.3 is 28.9 Å². The van der Waals surface area contributed by atoms with Crippen molar-refractivity contribution in [2.75, 3.05) is 33.9 Å². The van der Waals surface area contributed by atoms with E-state index in [-0.39, 0.29) is 24.8 Å². The highest BCUT2D eigenvalue weighted by Gasteiger charge is 2.24. The average molecular weight is 492 g/mol. The van der Waals surface area contributed by atoms with Crippen molar-refractivity contribution >= 4 is 29.4 Å². The van der Waals surface area contributed by atoms with Gasteiger partial charge in [-0.2, -0.15) is 0 Å². The van der Waals surface area contributed by atoms with Gasteiger partial charge in [-0.3, -0.25) is 9.36 Å². The number of aromatic nitrogens is 1. The van der Waals surface area contributed by atoms with Gasteiger partial charge in [-0.15, -0.1) is 0 Å². The van der Waals surface area contributed by atoms with E-state index in [1.165, 1.54) is 16.5 Å². The van der Waals surface area contributed by atoms with E-state index >= 15 is 0 Å². The summed E-state index contributed by atoms with van der Waals surface area (Å²) in [4.78, 5) is 49.0. The van der Waals surface area contributed by atoms with Crippen molar-refractivity contribution in [3.63, 3.8) is 0 Å². The van der Waals surface area contributed by atoms with Crippen LogP contribution >= 0.6 is 0 Å². The molecule has 10 nitrogen and oxygen atoms in total. The molecule has 0 saturated heterocycles. The van der Waals surface area contributed by atoms with E-state index in [1.54, 1.807) is 19.2 Å². The summed E-state index contributed by atoms with van der Waals surface area (Å²) in [6, 6.07) is 4.64. The fraction of sp³-hybridized carbons (Fsp3) is 0.600. The number of nitrogens with zero attached hydrogens (tertiary/aromatic N) is 2. The molecule has 1 heterocycles. The summed E-state index contributed by atoms with van der Waals surface area (Å²) in [5.41, 5.74) is 1.39. The molecular weight excluding hydrogens is 454 g/mol. The molecule has 2 rings (SSSR count). The summed E-state index contributed by atoms with van der Waals surface area (Å²) in [7, 11) is 3.19. The largest absolute Gasteiger partial charge is 0.444 e. The minimum absolute atomic E-state index is 0.159. The molecule has 0 spiro atoms. The molecule has 1 atom stereocenters. The lowest BCUT2D eigenvalue weighted by Crippen LogP contribution is -2.35. The van der Waals surface area contributed by atoms with Crippen LogP contribution in [0.3, 0.4) is 0 Å². The summed E-state index contributed by atoms with van der Waals surface area (Å²) >= 11 is 0. The number of hydrogen-bond donors (Lipinski definition) is 1. The first kappa shape index (κ1) is 28.1. The Labute approximate surface area is 205 Å². The Kier molecular flexibility index (Phi) is 10.5. The average Bonchev–Trinajstić information content (AvgIpc) is 3.12. The third-order valence-electron chi connectivity index (χ3n) is 5.34. The SMILES string of the molecule is CNC(=O)C(CCC=O)n1c(=O)oc2cc(CCCOCCCN(C)C(=O)OC(C)(C)C)ccc21. The second-order valence-electron chi connectivity index (χ2n) is 9.39. The maximum atomic E-state index is 12.5. The van der Waals surface area contributed by atoms with Crippen LogP contribution in [0.15, 0.2) is 27.4 Å². The van der Waals surface area contributed by atoms with E-state index in [2.05, 4.69) is 5.32 Å². The van der Waals surface area contributed by atoms with Gasteiger partial charge in [0.25, 0.3) is 0 Å². The molecule has 0 aliphatic carbocycles. The van der Waals surface area contributed by atoms with Crippen LogP contribution in [0.4, 0.5) is 4.79 Å². The number of hydrogen-bond acceptors (Lipinski definition) is 7. The zero-order valence-corrected chi connectivity index (χ0v) is 21.3. The van der Waals surface area contributed by atoms with Crippen LogP contribution in [-0.2, 0) is 25.5 Å². The molecule has 2 aromatic rings. The van der Waals surface area contributed by atoms with E-state index in [0.29, 0.717) is 37.3 Å². The quantitative estimate of drug-likeness (QED) is 0.338. The summed E-state index contributed by atoms with van der Waals surface area (Å²) in [6.07, 6.45) is 2.96. The highest BCUT2D eigenvalue weighted by molar-refractivity contribution is 5.83. The lowest BCUT2D eigenvalue weighted by atomic mass is 10.1. The highest BCUT2D eigenvalue weighted by Crippen LogP contribution is 2.22. The normalized spacial score (nSPS) is 12.4. The van der Waals surface area contributed by atoms with E-state index in [1.807, 2.05) is 26.8 Å². The number of ether oxygens (including phenoxy) is 2. The number of rotatable bonds is 13. The summed E-state index contributed by atoms with van der Waals surface area (Å²) in [5, 5.41) is 2.54. The maximum absolute atomic E-state index is 12.5. The Bertz CT molecular complexity index is 1050. The van der Waals surface area contributed by atoms with Crippen LogP contribution in [0.2, 0.25) is 0 Å². The number of aryl methyl sites for hydroxylation is 1. The summed E-state index contributed by atoms with van der Waals surface area (Å²) in [5.74, 6) is -0.980. The number of oxazole rings is 1. The van der Waals surface area contributed by atoms with Gasteiger partial charge in [0.1, 0.15) is 17.9 Å². The first-order valence-electron chi connectivity index (χ1n) is 11.9. The van der Waals surface area contributed by atoms with Crippen LogP contribution in [0.1, 0.15) is 58.1 Å². The first-order chi connectivity index (χ1) is 16.6. The zero-order chi connectivity index (χ0) is 26.0. The third-order valence-corrected chi connectivity index (χ3v) is 5.34. The van der Waals surface area contributed by atoms with Crippen molar-refractivity contribution < 1.29 is 28.3 Å². The number of fused-ring (bicyclic) bond motifs is 1. The third kappa shape index (κ3) is 8.54. The van der Waals surface area contributed by atoms with Crippen LogP contribution in [0, 0.1) is 0 Å². The number of likely N-dealkylation sites (N-methyl/N-ethyl adjacent to an activating group) is 1. The smallest absolute Gasteiger partial charge is 0.420 e. The molecule has 0 bridgehead atoms. The van der Waals surface area contributed by atoms with Gasteiger partial charge in [0.05, 0.1) is 5.52 Å². The van der Waals surface area contributed by atoms with Crippen molar-refractivity contribution in [1.29, 1.82) is 0 Å². The van der Waals surface area contributed by atoms with Gasteiger partial charge in [0.15, 0.2) is 5.58 Å². The lowest BCUT2D eigenvalue weighted by molar-refractivity contribution is -0.124. The molecule has 10 heteroatoms. The van der Waals surface area contributed by atoms with Crippen molar-refractivity contribution in [3.05, 3.63) is 34.3 Å². The van der Waals surface area contributed by atoms with Gasteiger partial charge in [-0.25, -0.2) is 9.59 Å². The number of carbonyl (C=O) groups excluding carboxylic acids is 3. The number of benzene rings is 1. The summed E-state index contributed by atoms with van der Waals surface area (Å²) < 4.78 is 17.7. The lowest BCUT2D eigenvalue weighted by Gasteiger charge is -2.24. The first-order valence-corrected chi connectivity index (χ1v) is 11.9. The molecule has 0 fully saturated rings. The predicted octanol–water partition coefficient (Wildman–Crippen LogP) is 3.07. The van der Waals surface area contributed by atoms with Crippen molar-refractivity contribution in [2.45, 2.75) is 64.5 Å². The fourth-order valence-electron chi connectivity index (χ4n) is 3.62. The van der Waals surface area contributed by atoms with Gasteiger partial charge >= 0.3 is 11.8 Å². The Morgan fingerprint density at radius 2 is 1.94 bits per heavy atom. The van der Waals surface area contributed by atoms with E-state index < -0.39 is 17.4 Å². The maximum Gasteiger partial charge on any atom is 0.420 e. The van der Waals surface area contributed by atoms with Crippen molar-refractivity contribution in [3.8, 4) is 0 Å².